The second kappa shape index (κ2) is 7.02. The van der Waals surface area contributed by atoms with Crippen LogP contribution in [0.15, 0.2) is 57.7 Å². The number of benzene rings is 1. The number of ether oxygens (including phenoxy) is 1. The van der Waals surface area contributed by atoms with Crippen molar-refractivity contribution in [1.82, 2.24) is 10.2 Å². The molecule has 2 heterocycles. The number of carbonyl (C=O) groups excluding carboxylic acids is 1. The number of thiophene rings is 1. The topological polar surface area (TPSA) is 65.2 Å². The van der Waals surface area contributed by atoms with Crippen molar-refractivity contribution >= 4 is 23.4 Å². The molecule has 6 heteroatoms. The first-order chi connectivity index (χ1) is 11.2. The summed E-state index contributed by atoms with van der Waals surface area (Å²) in [5.74, 6) is 0.210. The summed E-state index contributed by atoms with van der Waals surface area (Å²) in [6.45, 7) is 1.69. The van der Waals surface area contributed by atoms with E-state index in [9.17, 15) is 4.79 Å². The van der Waals surface area contributed by atoms with Crippen LogP contribution >= 0.6 is 11.3 Å². The Morgan fingerprint density at radius 1 is 1.26 bits per heavy atom. The van der Waals surface area contributed by atoms with Crippen molar-refractivity contribution in [2.24, 2.45) is 0 Å². The Labute approximate surface area is 137 Å². The Morgan fingerprint density at radius 3 is 2.83 bits per heavy atom. The van der Waals surface area contributed by atoms with Crippen LogP contribution in [0, 0.1) is 0 Å². The van der Waals surface area contributed by atoms with Crippen LogP contribution in [0.2, 0.25) is 0 Å². The normalized spacial score (nSPS) is 12.4. The van der Waals surface area contributed by atoms with Crippen molar-refractivity contribution < 1.29 is 13.9 Å². The molecule has 0 bridgehead atoms. The molecule has 0 radical (unpaired) electrons. The first-order valence-electron chi connectivity index (χ1n) is 7.02. The highest BCUT2D eigenvalue weighted by molar-refractivity contribution is 7.08. The van der Waals surface area contributed by atoms with Gasteiger partial charge in [-0.2, -0.15) is 11.3 Å². The number of carbonyl (C=O) groups is 1. The zero-order chi connectivity index (χ0) is 16.1. The lowest BCUT2D eigenvalue weighted by Crippen LogP contribution is -2.06. The molecule has 116 valence electrons. The summed E-state index contributed by atoms with van der Waals surface area (Å²) >= 11 is 1.57. The lowest BCUT2D eigenvalue weighted by molar-refractivity contribution is -0.143. The molecule has 0 fully saturated rings. The molecule has 0 aliphatic heterocycles. The van der Waals surface area contributed by atoms with Gasteiger partial charge in [-0.15, -0.1) is 10.2 Å². The van der Waals surface area contributed by atoms with E-state index >= 15 is 0 Å². The van der Waals surface area contributed by atoms with Gasteiger partial charge in [0.25, 0.3) is 5.89 Å². The maximum atomic E-state index is 11.8. The molecule has 0 N–H and O–H groups in total. The van der Waals surface area contributed by atoms with Gasteiger partial charge in [-0.05, 0) is 47.5 Å². The minimum Gasteiger partial charge on any atom is -0.449 e. The van der Waals surface area contributed by atoms with Crippen molar-refractivity contribution in [2.75, 3.05) is 0 Å². The molecule has 1 aromatic carbocycles. The zero-order valence-corrected chi connectivity index (χ0v) is 13.2. The second-order valence-corrected chi connectivity index (χ2v) is 5.56. The lowest BCUT2D eigenvalue weighted by Gasteiger charge is -2.06. The summed E-state index contributed by atoms with van der Waals surface area (Å²) in [5, 5.41) is 11.8. The molecule has 0 unspecified atom stereocenters. The van der Waals surface area contributed by atoms with Crippen LogP contribution in [0.25, 0.3) is 17.5 Å². The molecule has 0 aliphatic rings. The van der Waals surface area contributed by atoms with E-state index in [1.165, 1.54) is 6.08 Å². The number of nitrogens with zero attached hydrogens (tertiary/aromatic N) is 2. The Bertz CT molecular complexity index is 794. The smallest absolute Gasteiger partial charge is 0.331 e. The zero-order valence-electron chi connectivity index (χ0n) is 12.4. The molecule has 3 aromatic rings. The molecule has 0 aliphatic carbocycles. The molecule has 23 heavy (non-hydrogen) atoms. The van der Waals surface area contributed by atoms with Crippen LogP contribution in [0.3, 0.4) is 0 Å². The van der Waals surface area contributed by atoms with Gasteiger partial charge in [0.15, 0.2) is 6.10 Å². The van der Waals surface area contributed by atoms with Gasteiger partial charge < -0.3 is 9.15 Å². The van der Waals surface area contributed by atoms with Crippen molar-refractivity contribution in [3.63, 3.8) is 0 Å². The summed E-state index contributed by atoms with van der Waals surface area (Å²) in [4.78, 5) is 11.8. The van der Waals surface area contributed by atoms with Gasteiger partial charge in [-0.3, -0.25) is 0 Å². The second-order valence-electron chi connectivity index (χ2n) is 4.78. The van der Waals surface area contributed by atoms with Crippen LogP contribution in [-0.2, 0) is 9.53 Å². The number of rotatable bonds is 5. The highest BCUT2D eigenvalue weighted by atomic mass is 32.1. The van der Waals surface area contributed by atoms with Crippen LogP contribution in [-0.4, -0.2) is 16.2 Å². The maximum Gasteiger partial charge on any atom is 0.331 e. The van der Waals surface area contributed by atoms with E-state index in [0.717, 1.165) is 11.1 Å². The first-order valence-corrected chi connectivity index (χ1v) is 7.96. The molecule has 5 nitrogen and oxygen atoms in total. The number of esters is 1. The van der Waals surface area contributed by atoms with Crippen molar-refractivity contribution in [2.45, 2.75) is 13.0 Å². The maximum absolute atomic E-state index is 11.8. The third-order valence-electron chi connectivity index (χ3n) is 3.06. The summed E-state index contributed by atoms with van der Waals surface area (Å²) in [7, 11) is 0. The van der Waals surface area contributed by atoms with Gasteiger partial charge in [0, 0.05) is 11.6 Å². The van der Waals surface area contributed by atoms with Crippen LogP contribution < -0.4 is 0 Å². The van der Waals surface area contributed by atoms with Gasteiger partial charge in [-0.25, -0.2) is 4.79 Å². The average molecular weight is 326 g/mol. The Balaban J connectivity index is 1.63. The Kier molecular flexibility index (Phi) is 4.63. The van der Waals surface area contributed by atoms with Crippen molar-refractivity contribution in [3.8, 4) is 11.5 Å². The van der Waals surface area contributed by atoms with E-state index in [2.05, 4.69) is 10.2 Å². The monoisotopic (exact) mass is 326 g/mol. The van der Waals surface area contributed by atoms with E-state index in [1.807, 2.05) is 47.2 Å². The molecule has 1 atom stereocenters. The van der Waals surface area contributed by atoms with Crippen molar-refractivity contribution in [3.05, 3.63) is 64.7 Å². The molecule has 2 aromatic heterocycles. The molecular weight excluding hydrogens is 312 g/mol. The third-order valence-corrected chi connectivity index (χ3v) is 3.76. The van der Waals surface area contributed by atoms with Gasteiger partial charge in [0.2, 0.25) is 5.89 Å². The molecule has 0 amide bonds. The Hall–Kier alpha value is -2.73. The van der Waals surface area contributed by atoms with Crippen LogP contribution in [0.4, 0.5) is 0 Å². The fourth-order valence-electron chi connectivity index (χ4n) is 1.89. The average Bonchev–Trinajstić information content (AvgIpc) is 3.25. The first kappa shape index (κ1) is 15.2. The fraction of sp³-hybridized carbons (Fsp3) is 0.118. The molecule has 0 saturated carbocycles. The highest BCUT2D eigenvalue weighted by Crippen LogP contribution is 2.22. The molecule has 0 spiro atoms. The number of hydrogen-bond acceptors (Lipinski definition) is 6. The molecule has 0 saturated heterocycles. The van der Waals surface area contributed by atoms with E-state index in [4.69, 9.17) is 9.15 Å². The third kappa shape index (κ3) is 3.92. The summed E-state index contributed by atoms with van der Waals surface area (Å²) < 4.78 is 10.8. The minimum atomic E-state index is -0.611. The predicted molar refractivity (Wildman–Crippen MR) is 87.6 cm³/mol. The SMILES string of the molecule is C[C@H](OC(=O)/C=C/c1ccsc1)c1nnc(-c2ccccc2)o1. The van der Waals surface area contributed by atoms with Gasteiger partial charge in [0.05, 0.1) is 0 Å². The summed E-state index contributed by atoms with van der Waals surface area (Å²) in [5.41, 5.74) is 1.78. The fourth-order valence-corrected chi connectivity index (χ4v) is 2.52. The van der Waals surface area contributed by atoms with E-state index in [-0.39, 0.29) is 5.89 Å². The van der Waals surface area contributed by atoms with Gasteiger partial charge in [0.1, 0.15) is 0 Å². The van der Waals surface area contributed by atoms with Crippen molar-refractivity contribution in [1.29, 1.82) is 0 Å². The van der Waals surface area contributed by atoms with Crippen LogP contribution in [0.5, 0.6) is 0 Å². The van der Waals surface area contributed by atoms with E-state index in [1.54, 1.807) is 24.3 Å². The summed E-state index contributed by atoms with van der Waals surface area (Å²) in [6.07, 6.45) is 2.47. The summed E-state index contributed by atoms with van der Waals surface area (Å²) in [6, 6.07) is 11.3. The van der Waals surface area contributed by atoms with E-state index < -0.39 is 12.1 Å². The van der Waals surface area contributed by atoms with E-state index in [0.29, 0.717) is 5.89 Å². The molecule has 3 rings (SSSR count). The Morgan fingerprint density at radius 2 is 2.09 bits per heavy atom. The minimum absolute atomic E-state index is 0.265. The number of aromatic nitrogens is 2. The van der Waals surface area contributed by atoms with Crippen LogP contribution in [0.1, 0.15) is 24.5 Å². The largest absolute Gasteiger partial charge is 0.449 e. The standard InChI is InChI=1S/C17H14N2O3S/c1-12(21-15(20)8-7-13-9-10-23-11-13)16-18-19-17(22-16)14-5-3-2-4-6-14/h2-12H,1H3/b8-7+/t12-/m0/s1. The molecular formula is C17H14N2O3S. The lowest BCUT2D eigenvalue weighted by atomic mass is 10.2. The predicted octanol–water partition coefficient (Wildman–Crippen LogP) is 4.12. The highest BCUT2D eigenvalue weighted by Gasteiger charge is 2.17. The number of hydrogen-bond donors (Lipinski definition) is 0. The van der Waals surface area contributed by atoms with Gasteiger partial charge in [-0.1, -0.05) is 18.2 Å². The quantitative estimate of drug-likeness (QED) is 0.521. The van der Waals surface area contributed by atoms with Gasteiger partial charge >= 0.3 is 5.97 Å².